The van der Waals surface area contributed by atoms with Crippen molar-refractivity contribution in [3.63, 3.8) is 0 Å². The number of rotatable bonds is 6. The van der Waals surface area contributed by atoms with E-state index in [0.29, 0.717) is 0 Å². The molecule has 23 heavy (non-hydrogen) atoms. The molecule has 0 amide bonds. The number of hydrogen-bond acceptors (Lipinski definition) is 2. The van der Waals surface area contributed by atoms with Crippen LogP contribution in [0.1, 0.15) is 24.2 Å². The van der Waals surface area contributed by atoms with Gasteiger partial charge in [0.1, 0.15) is 0 Å². The first kappa shape index (κ1) is 17.3. The molecule has 0 fully saturated rings. The molecule has 2 heteroatoms. The van der Waals surface area contributed by atoms with E-state index in [1.807, 2.05) is 67.6 Å². The first-order valence-electron chi connectivity index (χ1n) is 7.78. The fraction of sp³-hybridized carbons (Fsp3) is 0.190. The van der Waals surface area contributed by atoms with E-state index in [0.717, 1.165) is 15.4 Å². The second-order valence-electron chi connectivity index (χ2n) is 5.45. The minimum absolute atomic E-state index is 0.0576. The molecule has 1 aromatic rings. The summed E-state index contributed by atoms with van der Waals surface area (Å²) >= 11 is 1.66. The third-order valence-corrected chi connectivity index (χ3v) is 4.72. The van der Waals surface area contributed by atoms with Gasteiger partial charge in [-0.25, -0.2) is 0 Å². The van der Waals surface area contributed by atoms with Gasteiger partial charge in [-0.2, -0.15) is 0 Å². The predicted molar refractivity (Wildman–Crippen MR) is 101 cm³/mol. The van der Waals surface area contributed by atoms with Gasteiger partial charge < -0.3 is 0 Å². The van der Waals surface area contributed by atoms with Crippen molar-refractivity contribution in [3.8, 4) is 0 Å². The molecule has 0 N–H and O–H groups in total. The van der Waals surface area contributed by atoms with E-state index >= 15 is 0 Å². The van der Waals surface area contributed by atoms with Crippen molar-refractivity contribution in [2.75, 3.05) is 0 Å². The first-order valence-corrected chi connectivity index (χ1v) is 8.60. The Balaban J connectivity index is 2.11. The average Bonchev–Trinajstić information content (AvgIpc) is 2.56. The highest BCUT2D eigenvalue weighted by Gasteiger charge is 2.23. The molecular weight excluding hydrogens is 300 g/mol. The van der Waals surface area contributed by atoms with Gasteiger partial charge in [0.2, 0.25) is 0 Å². The Morgan fingerprint density at radius 1 is 1.17 bits per heavy atom. The lowest BCUT2D eigenvalue weighted by molar-refractivity contribution is 0.0925. The molecule has 0 saturated heterocycles. The van der Waals surface area contributed by atoms with E-state index < -0.39 is 0 Å². The fourth-order valence-corrected chi connectivity index (χ4v) is 3.38. The molecule has 1 nitrogen and oxygen atoms in total. The van der Waals surface area contributed by atoms with Crippen molar-refractivity contribution in [1.29, 1.82) is 0 Å². The van der Waals surface area contributed by atoms with Gasteiger partial charge in [-0.1, -0.05) is 79.9 Å². The number of allylic oxidation sites excluding steroid dienone is 8. The van der Waals surface area contributed by atoms with Crippen LogP contribution in [0, 0.1) is 11.8 Å². The zero-order valence-corrected chi connectivity index (χ0v) is 14.4. The van der Waals surface area contributed by atoms with Gasteiger partial charge in [-0.05, 0) is 31.1 Å². The second kappa shape index (κ2) is 8.54. The lowest BCUT2D eigenvalue weighted by Gasteiger charge is -2.19. The molecular formula is C21H22OS. The Hall–Kier alpha value is -2.06. The molecule has 2 rings (SSSR count). The Morgan fingerprint density at radius 2 is 1.87 bits per heavy atom. The molecule has 0 aliphatic heterocycles. The number of carbonyl (C=O) groups excluding carboxylic acids is 1. The lowest BCUT2D eigenvalue weighted by atomic mass is 9.84. The van der Waals surface area contributed by atoms with E-state index in [4.69, 9.17) is 0 Å². The largest absolute Gasteiger partial charge is 0.293 e. The standard InChI is InChI=1S/C21H22OS/c1-4-8-18(9-5-2)23-19-14-12-17(13-15-19)21(22)20-11-7-6-10-16(20)3/h4-16,20H,1H2,2-3H3/b9-5-,18-8+. The monoisotopic (exact) mass is 322 g/mol. The van der Waals surface area contributed by atoms with Gasteiger partial charge in [0.05, 0.1) is 0 Å². The van der Waals surface area contributed by atoms with E-state index in [9.17, 15) is 4.79 Å². The topological polar surface area (TPSA) is 17.1 Å². The third-order valence-electron chi connectivity index (χ3n) is 3.70. The lowest BCUT2D eigenvalue weighted by Crippen LogP contribution is -2.20. The summed E-state index contributed by atoms with van der Waals surface area (Å²) in [6.07, 6.45) is 15.8. The number of benzene rings is 1. The summed E-state index contributed by atoms with van der Waals surface area (Å²) in [6.45, 7) is 7.81. The van der Waals surface area contributed by atoms with E-state index in [2.05, 4.69) is 19.6 Å². The quantitative estimate of drug-likeness (QED) is 0.364. The van der Waals surface area contributed by atoms with E-state index in [1.54, 1.807) is 17.8 Å². The van der Waals surface area contributed by atoms with Crippen molar-refractivity contribution < 1.29 is 4.79 Å². The number of carbonyl (C=O) groups is 1. The predicted octanol–water partition coefficient (Wildman–Crippen LogP) is 5.99. The summed E-state index contributed by atoms with van der Waals surface area (Å²) in [6, 6.07) is 7.85. The van der Waals surface area contributed by atoms with Crippen LogP contribution >= 0.6 is 11.8 Å². The van der Waals surface area contributed by atoms with Crippen molar-refractivity contribution in [1.82, 2.24) is 0 Å². The molecule has 118 valence electrons. The molecule has 1 aromatic carbocycles. The summed E-state index contributed by atoms with van der Waals surface area (Å²) in [5.41, 5.74) is 0.770. The highest BCUT2D eigenvalue weighted by atomic mass is 32.2. The zero-order valence-electron chi connectivity index (χ0n) is 13.6. The van der Waals surface area contributed by atoms with Gasteiger partial charge >= 0.3 is 0 Å². The normalized spacial score (nSPS) is 20.9. The maximum Gasteiger partial charge on any atom is 0.170 e. The minimum atomic E-state index is -0.0576. The van der Waals surface area contributed by atoms with Crippen LogP contribution in [0.3, 0.4) is 0 Å². The number of hydrogen-bond donors (Lipinski definition) is 0. The first-order chi connectivity index (χ1) is 11.2. The summed E-state index contributed by atoms with van der Waals surface area (Å²) < 4.78 is 0. The summed E-state index contributed by atoms with van der Waals surface area (Å²) in [5.74, 6) is 0.376. The Labute approximate surface area is 143 Å². The molecule has 2 unspecified atom stereocenters. The summed E-state index contributed by atoms with van der Waals surface area (Å²) in [5, 5.41) is 0. The van der Waals surface area contributed by atoms with Gasteiger partial charge in [0.25, 0.3) is 0 Å². The number of ketones is 1. The Kier molecular flexibility index (Phi) is 6.42. The van der Waals surface area contributed by atoms with Crippen LogP contribution in [0.2, 0.25) is 0 Å². The van der Waals surface area contributed by atoms with Gasteiger partial charge in [0, 0.05) is 21.3 Å². The molecule has 0 bridgehead atoms. The average molecular weight is 322 g/mol. The van der Waals surface area contributed by atoms with Crippen molar-refractivity contribution in [3.05, 3.63) is 89.9 Å². The maximum atomic E-state index is 12.6. The van der Waals surface area contributed by atoms with Crippen molar-refractivity contribution >= 4 is 17.5 Å². The van der Waals surface area contributed by atoms with Crippen LogP contribution in [0.25, 0.3) is 0 Å². The molecule has 2 atom stereocenters. The van der Waals surface area contributed by atoms with Crippen LogP contribution in [-0.2, 0) is 0 Å². The highest BCUT2D eigenvalue weighted by Crippen LogP contribution is 2.29. The van der Waals surface area contributed by atoms with Gasteiger partial charge in [0.15, 0.2) is 5.78 Å². The number of thioether (sulfide) groups is 1. The number of Topliss-reactive ketones (excluding diaryl/α,β-unsaturated/α-hetero) is 1. The van der Waals surface area contributed by atoms with Gasteiger partial charge in [-0.3, -0.25) is 4.79 Å². The van der Waals surface area contributed by atoms with Crippen molar-refractivity contribution in [2.45, 2.75) is 18.7 Å². The molecule has 0 radical (unpaired) electrons. The molecule has 0 spiro atoms. The third kappa shape index (κ3) is 4.70. The Morgan fingerprint density at radius 3 is 2.48 bits per heavy atom. The van der Waals surface area contributed by atoms with Gasteiger partial charge in [-0.15, -0.1) is 0 Å². The molecule has 0 heterocycles. The fourth-order valence-electron chi connectivity index (χ4n) is 2.46. The van der Waals surface area contributed by atoms with Crippen LogP contribution in [0.15, 0.2) is 89.3 Å². The van der Waals surface area contributed by atoms with E-state index in [1.165, 1.54) is 0 Å². The summed E-state index contributed by atoms with van der Waals surface area (Å²) in [7, 11) is 0. The van der Waals surface area contributed by atoms with E-state index in [-0.39, 0.29) is 17.6 Å². The smallest absolute Gasteiger partial charge is 0.170 e. The van der Waals surface area contributed by atoms with Crippen LogP contribution in [0.5, 0.6) is 0 Å². The molecule has 0 saturated carbocycles. The van der Waals surface area contributed by atoms with Crippen molar-refractivity contribution in [2.24, 2.45) is 11.8 Å². The Bertz CT molecular complexity index is 674. The SMILES string of the molecule is C=C/C=C(\C=C/C)Sc1ccc(C(=O)C2C=CC=CC2C)cc1. The zero-order chi connectivity index (χ0) is 16.7. The molecule has 0 aromatic heterocycles. The molecule has 1 aliphatic carbocycles. The highest BCUT2D eigenvalue weighted by molar-refractivity contribution is 8.03. The van der Waals surface area contributed by atoms with Crippen LogP contribution in [-0.4, -0.2) is 5.78 Å². The van der Waals surface area contributed by atoms with Crippen LogP contribution < -0.4 is 0 Å². The maximum absolute atomic E-state index is 12.6. The van der Waals surface area contributed by atoms with Crippen LogP contribution in [0.4, 0.5) is 0 Å². The molecule has 1 aliphatic rings. The minimum Gasteiger partial charge on any atom is -0.293 e. The summed E-state index contributed by atoms with van der Waals surface area (Å²) in [4.78, 5) is 14.9. The second-order valence-corrected chi connectivity index (χ2v) is 6.60.